The van der Waals surface area contributed by atoms with Crippen LogP contribution < -0.4 is 9.62 Å². The molecule has 1 atom stereocenters. The van der Waals surface area contributed by atoms with E-state index in [0.717, 1.165) is 15.4 Å². The Balaban J connectivity index is 1.80. The number of carbonyl (C=O) groups is 2. The lowest BCUT2D eigenvalue weighted by Gasteiger charge is -2.34. The number of carbonyl (C=O) groups excluding carboxylic acids is 2. The van der Waals surface area contributed by atoms with Gasteiger partial charge in [0.2, 0.25) is 11.8 Å². The molecule has 0 spiro atoms. The number of rotatable bonds is 12. The van der Waals surface area contributed by atoms with Crippen LogP contribution in [-0.2, 0) is 32.6 Å². The highest BCUT2D eigenvalue weighted by molar-refractivity contribution is 7.92. The van der Waals surface area contributed by atoms with E-state index >= 15 is 0 Å². The summed E-state index contributed by atoms with van der Waals surface area (Å²) >= 11 is 6.51. The molecule has 0 aromatic heterocycles. The summed E-state index contributed by atoms with van der Waals surface area (Å²) in [4.78, 5) is 29.4. The summed E-state index contributed by atoms with van der Waals surface area (Å²) in [5.74, 6) is -0.877. The van der Waals surface area contributed by atoms with Gasteiger partial charge in [-0.25, -0.2) is 8.42 Å². The second-order valence-corrected chi connectivity index (χ2v) is 12.1. The smallest absolute Gasteiger partial charge is 0.264 e. The normalized spacial score (nSPS) is 11.9. The number of nitrogens with one attached hydrogen (secondary N) is 1. The largest absolute Gasteiger partial charge is 0.355 e. The number of anilines is 1. The van der Waals surface area contributed by atoms with Crippen LogP contribution >= 0.6 is 11.6 Å². The number of sulfonamides is 1. The van der Waals surface area contributed by atoms with E-state index in [0.29, 0.717) is 22.8 Å². The highest BCUT2D eigenvalue weighted by atomic mass is 35.5. The van der Waals surface area contributed by atoms with Crippen LogP contribution in [0.25, 0.3) is 0 Å². The predicted molar refractivity (Wildman–Crippen MR) is 167 cm³/mol. The summed E-state index contributed by atoms with van der Waals surface area (Å²) in [6.45, 7) is 3.53. The zero-order chi connectivity index (χ0) is 30.1. The first-order valence-corrected chi connectivity index (χ1v) is 15.5. The van der Waals surface area contributed by atoms with Crippen LogP contribution in [0.3, 0.4) is 0 Å². The van der Waals surface area contributed by atoms with Gasteiger partial charge in [-0.3, -0.25) is 13.9 Å². The number of hydrogen-bond acceptors (Lipinski definition) is 4. The fourth-order valence-corrected chi connectivity index (χ4v) is 6.31. The molecular formula is C33H34ClN3O4S. The first-order chi connectivity index (χ1) is 20.2. The van der Waals surface area contributed by atoms with Crippen LogP contribution in [0.5, 0.6) is 0 Å². The van der Waals surface area contributed by atoms with Gasteiger partial charge in [0, 0.05) is 24.5 Å². The third-order valence-corrected chi connectivity index (χ3v) is 8.98. The number of likely N-dealkylation sites (N-methyl/N-ethyl adjacent to an activating group) is 1. The van der Waals surface area contributed by atoms with Gasteiger partial charge in [-0.2, -0.15) is 0 Å². The van der Waals surface area contributed by atoms with Gasteiger partial charge in [0.15, 0.2) is 0 Å². The molecule has 0 aliphatic heterocycles. The van der Waals surface area contributed by atoms with Gasteiger partial charge in [0.05, 0.1) is 10.6 Å². The molecule has 4 aromatic rings. The number of amides is 2. The van der Waals surface area contributed by atoms with E-state index in [2.05, 4.69) is 5.32 Å². The van der Waals surface area contributed by atoms with Crippen molar-refractivity contribution in [2.24, 2.45) is 0 Å². The molecule has 1 N–H and O–H groups in total. The van der Waals surface area contributed by atoms with E-state index in [-0.39, 0.29) is 23.8 Å². The Bertz CT molecular complexity index is 1610. The summed E-state index contributed by atoms with van der Waals surface area (Å²) in [7, 11) is -4.14. The van der Waals surface area contributed by atoms with Crippen LogP contribution in [-0.4, -0.2) is 44.3 Å². The molecule has 0 heterocycles. The highest BCUT2D eigenvalue weighted by Crippen LogP contribution is 2.26. The third-order valence-electron chi connectivity index (χ3n) is 6.82. The van der Waals surface area contributed by atoms with Crippen molar-refractivity contribution in [2.75, 3.05) is 17.4 Å². The molecule has 4 rings (SSSR count). The van der Waals surface area contributed by atoms with E-state index in [1.807, 2.05) is 50.2 Å². The van der Waals surface area contributed by atoms with E-state index in [1.54, 1.807) is 60.7 Å². The summed E-state index contributed by atoms with van der Waals surface area (Å²) in [6, 6.07) is 30.6. The van der Waals surface area contributed by atoms with Gasteiger partial charge >= 0.3 is 0 Å². The quantitative estimate of drug-likeness (QED) is 0.228. The lowest BCUT2D eigenvalue weighted by molar-refractivity contribution is -0.140. The Labute approximate surface area is 252 Å². The monoisotopic (exact) mass is 603 g/mol. The molecular weight excluding hydrogens is 570 g/mol. The Kier molecular flexibility index (Phi) is 10.4. The molecule has 0 aliphatic rings. The SMILES string of the molecule is CCNC(=O)[C@H](Cc1ccccc1)N(Cc1ccccc1Cl)C(=O)CN(c1cccc(C)c1)S(=O)(=O)c1ccccc1. The number of halogens is 1. The van der Waals surface area contributed by atoms with Crippen molar-refractivity contribution < 1.29 is 18.0 Å². The zero-order valence-electron chi connectivity index (χ0n) is 23.6. The minimum Gasteiger partial charge on any atom is -0.355 e. The van der Waals surface area contributed by atoms with Crippen LogP contribution in [0.15, 0.2) is 114 Å². The van der Waals surface area contributed by atoms with Crippen molar-refractivity contribution in [1.29, 1.82) is 0 Å². The van der Waals surface area contributed by atoms with E-state index < -0.39 is 28.5 Å². The molecule has 0 saturated heterocycles. The van der Waals surface area contributed by atoms with Crippen molar-refractivity contribution in [3.63, 3.8) is 0 Å². The van der Waals surface area contributed by atoms with Crippen molar-refractivity contribution in [2.45, 2.75) is 37.8 Å². The molecule has 4 aromatic carbocycles. The summed E-state index contributed by atoms with van der Waals surface area (Å²) < 4.78 is 29.0. The minimum absolute atomic E-state index is 0.0141. The van der Waals surface area contributed by atoms with Gasteiger partial charge in [-0.1, -0.05) is 90.5 Å². The first-order valence-electron chi connectivity index (χ1n) is 13.7. The van der Waals surface area contributed by atoms with Gasteiger partial charge in [-0.05, 0) is 60.9 Å². The average Bonchev–Trinajstić information content (AvgIpc) is 2.99. The summed E-state index contributed by atoms with van der Waals surface area (Å²) in [6.07, 6.45) is 0.235. The fraction of sp³-hybridized carbons (Fsp3) is 0.212. The number of hydrogen-bond donors (Lipinski definition) is 1. The van der Waals surface area contributed by atoms with Gasteiger partial charge in [0.25, 0.3) is 10.0 Å². The fourth-order valence-electron chi connectivity index (χ4n) is 4.69. The lowest BCUT2D eigenvalue weighted by atomic mass is 10.0. The molecule has 2 amide bonds. The molecule has 0 saturated carbocycles. The minimum atomic E-state index is -4.14. The van der Waals surface area contributed by atoms with Gasteiger partial charge < -0.3 is 10.2 Å². The molecule has 0 fully saturated rings. The molecule has 42 heavy (non-hydrogen) atoms. The van der Waals surface area contributed by atoms with E-state index in [1.165, 1.54) is 17.0 Å². The maximum Gasteiger partial charge on any atom is 0.264 e. The molecule has 7 nitrogen and oxygen atoms in total. The Morgan fingerprint density at radius 3 is 2.14 bits per heavy atom. The van der Waals surface area contributed by atoms with Gasteiger partial charge in [0.1, 0.15) is 12.6 Å². The lowest BCUT2D eigenvalue weighted by Crippen LogP contribution is -2.53. The van der Waals surface area contributed by atoms with E-state index in [9.17, 15) is 18.0 Å². The van der Waals surface area contributed by atoms with Crippen LogP contribution in [0.4, 0.5) is 5.69 Å². The molecule has 0 radical (unpaired) electrons. The Morgan fingerprint density at radius 2 is 1.50 bits per heavy atom. The van der Waals surface area contributed by atoms with Gasteiger partial charge in [-0.15, -0.1) is 0 Å². The molecule has 0 aliphatic carbocycles. The predicted octanol–water partition coefficient (Wildman–Crippen LogP) is 5.62. The van der Waals surface area contributed by atoms with Crippen LogP contribution in [0.1, 0.15) is 23.6 Å². The van der Waals surface area contributed by atoms with E-state index in [4.69, 9.17) is 11.6 Å². The highest BCUT2D eigenvalue weighted by Gasteiger charge is 2.34. The molecule has 0 unspecified atom stereocenters. The molecule has 9 heteroatoms. The standard InChI is InChI=1S/C33H34ClN3O4S/c1-3-35-33(39)31(22-26-14-6-4-7-15-26)36(23-27-16-10-11-20-30(27)34)32(38)24-37(28-17-12-13-25(2)21-28)42(40,41)29-18-8-5-9-19-29/h4-21,31H,3,22-24H2,1-2H3,(H,35,39)/t31-/m0/s1. The number of aryl methyl sites for hydroxylation is 1. The average molecular weight is 604 g/mol. The number of benzene rings is 4. The summed E-state index contributed by atoms with van der Waals surface area (Å²) in [5.41, 5.74) is 2.69. The second kappa shape index (κ2) is 14.2. The second-order valence-electron chi connectivity index (χ2n) is 9.88. The maximum absolute atomic E-state index is 14.3. The Hall–Kier alpha value is -4.14. The van der Waals surface area contributed by atoms with Crippen molar-refractivity contribution >= 4 is 39.1 Å². The Morgan fingerprint density at radius 1 is 0.857 bits per heavy atom. The summed E-state index contributed by atoms with van der Waals surface area (Å²) in [5, 5.41) is 3.29. The van der Waals surface area contributed by atoms with Crippen molar-refractivity contribution in [3.05, 3.63) is 131 Å². The zero-order valence-corrected chi connectivity index (χ0v) is 25.2. The number of nitrogens with zero attached hydrogens (tertiary/aromatic N) is 2. The first kappa shape index (κ1) is 30.8. The third kappa shape index (κ3) is 7.57. The van der Waals surface area contributed by atoms with Crippen LogP contribution in [0.2, 0.25) is 5.02 Å². The topological polar surface area (TPSA) is 86.8 Å². The van der Waals surface area contributed by atoms with Crippen LogP contribution in [0, 0.1) is 6.92 Å². The molecule has 0 bridgehead atoms. The van der Waals surface area contributed by atoms with Crippen molar-refractivity contribution in [1.82, 2.24) is 10.2 Å². The molecule has 218 valence electrons. The van der Waals surface area contributed by atoms with Crippen molar-refractivity contribution in [3.8, 4) is 0 Å². The maximum atomic E-state index is 14.3.